The van der Waals surface area contributed by atoms with Gasteiger partial charge in [-0.25, -0.2) is 4.98 Å². The molecule has 0 spiro atoms. The van der Waals surface area contributed by atoms with Crippen molar-refractivity contribution in [2.45, 2.75) is 19.1 Å². The standard InChI is InChI=1S/C27H25ClN6O.C6H6/c28-24-3-1-2-21(10-24)17-34-18-23(14-33-34)22-11-26-27(32-13-22)35-25(16-31-26)15-30-9-8-19-4-6-20(12-29)7-5-19;1-2-4-6-5-3-1/h1-7,10-11,13-14,18,25,30-31H,8-9,15-17H2;1-6H. The summed E-state index contributed by atoms with van der Waals surface area (Å²) in [5.41, 5.74) is 5.85. The first-order valence-corrected chi connectivity index (χ1v) is 13.9. The molecule has 0 bridgehead atoms. The number of nitrogens with zero attached hydrogens (tertiary/aromatic N) is 4. The fourth-order valence-electron chi connectivity index (χ4n) is 4.42. The number of pyridine rings is 1. The summed E-state index contributed by atoms with van der Waals surface area (Å²) >= 11 is 6.09. The molecule has 2 aromatic heterocycles. The summed E-state index contributed by atoms with van der Waals surface area (Å²) in [4.78, 5) is 4.55. The molecule has 41 heavy (non-hydrogen) atoms. The molecule has 5 aromatic rings. The van der Waals surface area contributed by atoms with E-state index in [1.807, 2.05) is 108 Å². The zero-order chi connectivity index (χ0) is 28.3. The number of halogens is 1. The fraction of sp³-hybridized carbons (Fsp3) is 0.182. The highest BCUT2D eigenvalue weighted by atomic mass is 35.5. The lowest BCUT2D eigenvalue weighted by atomic mass is 10.1. The zero-order valence-electron chi connectivity index (χ0n) is 22.6. The summed E-state index contributed by atoms with van der Waals surface area (Å²) in [7, 11) is 0. The monoisotopic (exact) mass is 562 g/mol. The average Bonchev–Trinajstić information content (AvgIpc) is 3.49. The highest BCUT2D eigenvalue weighted by Gasteiger charge is 2.21. The lowest BCUT2D eigenvalue weighted by Gasteiger charge is -2.27. The number of anilines is 1. The van der Waals surface area contributed by atoms with Crippen LogP contribution in [0.2, 0.25) is 5.02 Å². The molecule has 3 heterocycles. The van der Waals surface area contributed by atoms with Crippen molar-refractivity contribution in [2.75, 3.05) is 25.0 Å². The van der Waals surface area contributed by atoms with E-state index >= 15 is 0 Å². The molecule has 0 amide bonds. The van der Waals surface area contributed by atoms with Crippen LogP contribution in [0.5, 0.6) is 5.88 Å². The van der Waals surface area contributed by atoms with Crippen LogP contribution in [0, 0.1) is 11.3 Å². The smallest absolute Gasteiger partial charge is 0.237 e. The molecule has 6 rings (SSSR count). The third-order valence-electron chi connectivity index (χ3n) is 6.56. The van der Waals surface area contributed by atoms with E-state index in [4.69, 9.17) is 21.6 Å². The minimum Gasteiger partial charge on any atom is -0.470 e. The molecular weight excluding hydrogens is 532 g/mol. The van der Waals surface area contributed by atoms with Gasteiger partial charge in [-0.1, -0.05) is 72.3 Å². The summed E-state index contributed by atoms with van der Waals surface area (Å²) in [6.07, 6.45) is 6.58. The largest absolute Gasteiger partial charge is 0.470 e. The highest BCUT2D eigenvalue weighted by molar-refractivity contribution is 6.30. The molecule has 8 heteroatoms. The SMILES string of the molecule is N#Cc1ccc(CCNCC2CNc3cc(-c4cnn(Cc5cccc(Cl)c5)c4)cnc3O2)cc1.c1ccccc1. The first-order valence-electron chi connectivity index (χ1n) is 13.5. The van der Waals surface area contributed by atoms with Gasteiger partial charge in [0, 0.05) is 35.1 Å². The molecular formula is C33H31ClN6O. The Kier molecular flexibility index (Phi) is 9.62. The minimum atomic E-state index is 0.00209. The van der Waals surface area contributed by atoms with Crippen LogP contribution in [0.15, 0.2) is 110 Å². The number of hydrogen-bond acceptors (Lipinski definition) is 6. The van der Waals surface area contributed by atoms with Gasteiger partial charge < -0.3 is 15.4 Å². The first-order chi connectivity index (χ1) is 20.2. The molecule has 0 saturated heterocycles. The maximum atomic E-state index is 8.89. The van der Waals surface area contributed by atoms with E-state index in [1.54, 1.807) is 0 Å². The van der Waals surface area contributed by atoms with Crippen molar-refractivity contribution in [1.82, 2.24) is 20.1 Å². The normalized spacial score (nSPS) is 13.5. The molecule has 1 atom stereocenters. The predicted octanol–water partition coefficient (Wildman–Crippen LogP) is 6.21. The second kappa shape index (κ2) is 14.1. The first kappa shape index (κ1) is 27.9. The molecule has 206 valence electrons. The van der Waals surface area contributed by atoms with Gasteiger partial charge in [-0.15, -0.1) is 0 Å². The summed E-state index contributed by atoms with van der Waals surface area (Å²) < 4.78 is 7.99. The topological polar surface area (TPSA) is 87.8 Å². The Labute approximate surface area is 245 Å². The summed E-state index contributed by atoms with van der Waals surface area (Å²) in [6.45, 7) is 2.92. The number of benzene rings is 3. The molecule has 0 aliphatic carbocycles. The van der Waals surface area contributed by atoms with Crippen LogP contribution in [-0.2, 0) is 13.0 Å². The number of fused-ring (bicyclic) bond motifs is 1. The Morgan fingerprint density at radius 3 is 2.46 bits per heavy atom. The van der Waals surface area contributed by atoms with Crippen LogP contribution in [0.25, 0.3) is 11.1 Å². The van der Waals surface area contributed by atoms with Gasteiger partial charge in [0.15, 0.2) is 0 Å². The molecule has 1 aliphatic rings. The van der Waals surface area contributed by atoms with Crippen LogP contribution >= 0.6 is 11.6 Å². The maximum Gasteiger partial charge on any atom is 0.237 e. The third-order valence-corrected chi connectivity index (χ3v) is 6.80. The Balaban J connectivity index is 0.000000500. The van der Waals surface area contributed by atoms with Crippen molar-refractivity contribution in [3.63, 3.8) is 0 Å². The van der Waals surface area contributed by atoms with Crippen LogP contribution in [0.3, 0.4) is 0 Å². The van der Waals surface area contributed by atoms with Crippen molar-refractivity contribution in [2.24, 2.45) is 0 Å². The molecule has 0 radical (unpaired) electrons. The average molecular weight is 563 g/mol. The maximum absolute atomic E-state index is 8.89. The summed E-state index contributed by atoms with van der Waals surface area (Å²) in [6, 6.07) is 31.7. The summed E-state index contributed by atoms with van der Waals surface area (Å²) in [5, 5.41) is 21.0. The number of rotatable bonds is 8. The lowest BCUT2D eigenvalue weighted by Crippen LogP contribution is -2.40. The highest BCUT2D eigenvalue weighted by Crippen LogP contribution is 2.31. The van der Waals surface area contributed by atoms with E-state index in [0.29, 0.717) is 24.5 Å². The number of aromatic nitrogens is 3. The van der Waals surface area contributed by atoms with E-state index in [1.165, 1.54) is 5.56 Å². The van der Waals surface area contributed by atoms with E-state index in [2.05, 4.69) is 32.9 Å². The third kappa shape index (κ3) is 8.18. The van der Waals surface area contributed by atoms with E-state index in [0.717, 1.165) is 46.9 Å². The van der Waals surface area contributed by atoms with E-state index in [-0.39, 0.29) is 6.10 Å². The molecule has 2 N–H and O–H groups in total. The molecule has 0 saturated carbocycles. The number of ether oxygens (including phenoxy) is 1. The van der Waals surface area contributed by atoms with Crippen LogP contribution in [0.4, 0.5) is 5.69 Å². The number of nitrogens with one attached hydrogen (secondary N) is 2. The Morgan fingerprint density at radius 1 is 0.951 bits per heavy atom. The van der Waals surface area contributed by atoms with Gasteiger partial charge in [0.05, 0.1) is 36.6 Å². The Hall–Kier alpha value is -4.64. The van der Waals surface area contributed by atoms with E-state index in [9.17, 15) is 0 Å². The fourth-order valence-corrected chi connectivity index (χ4v) is 4.63. The lowest BCUT2D eigenvalue weighted by molar-refractivity contribution is 0.194. The van der Waals surface area contributed by atoms with Crippen molar-refractivity contribution in [3.05, 3.63) is 131 Å². The van der Waals surface area contributed by atoms with Gasteiger partial charge in [-0.05, 0) is 54.4 Å². The second-order valence-electron chi connectivity index (χ2n) is 9.67. The minimum absolute atomic E-state index is 0.00209. The summed E-state index contributed by atoms with van der Waals surface area (Å²) in [5.74, 6) is 0.616. The Morgan fingerprint density at radius 2 is 1.73 bits per heavy atom. The van der Waals surface area contributed by atoms with Crippen molar-refractivity contribution in [3.8, 4) is 23.1 Å². The zero-order valence-corrected chi connectivity index (χ0v) is 23.3. The van der Waals surface area contributed by atoms with Gasteiger partial charge in [-0.3, -0.25) is 4.68 Å². The Bertz CT molecular complexity index is 1550. The van der Waals surface area contributed by atoms with E-state index < -0.39 is 0 Å². The quantitative estimate of drug-likeness (QED) is 0.219. The van der Waals surface area contributed by atoms with Crippen LogP contribution < -0.4 is 15.4 Å². The molecule has 7 nitrogen and oxygen atoms in total. The van der Waals surface area contributed by atoms with Gasteiger partial charge in [0.2, 0.25) is 5.88 Å². The van der Waals surface area contributed by atoms with Gasteiger partial charge in [0.1, 0.15) is 6.10 Å². The van der Waals surface area contributed by atoms with Crippen molar-refractivity contribution < 1.29 is 4.74 Å². The molecule has 1 aliphatic heterocycles. The van der Waals surface area contributed by atoms with Crippen molar-refractivity contribution in [1.29, 1.82) is 5.26 Å². The van der Waals surface area contributed by atoms with Gasteiger partial charge >= 0.3 is 0 Å². The molecule has 0 fully saturated rings. The predicted molar refractivity (Wildman–Crippen MR) is 163 cm³/mol. The molecule has 3 aromatic carbocycles. The number of hydrogen-bond donors (Lipinski definition) is 2. The van der Waals surface area contributed by atoms with Crippen molar-refractivity contribution >= 4 is 17.3 Å². The van der Waals surface area contributed by atoms with Crippen LogP contribution in [0.1, 0.15) is 16.7 Å². The second-order valence-corrected chi connectivity index (χ2v) is 10.1. The molecule has 1 unspecified atom stereocenters. The number of nitriles is 1. The van der Waals surface area contributed by atoms with Crippen LogP contribution in [-0.4, -0.2) is 40.5 Å². The van der Waals surface area contributed by atoms with Gasteiger partial charge in [0.25, 0.3) is 0 Å². The van der Waals surface area contributed by atoms with Gasteiger partial charge in [-0.2, -0.15) is 10.4 Å².